The molecule has 3 rings (SSSR count). The van der Waals surface area contributed by atoms with Crippen molar-refractivity contribution in [2.24, 2.45) is 0 Å². The molecule has 1 heterocycles. The van der Waals surface area contributed by atoms with Crippen molar-refractivity contribution in [1.82, 2.24) is 5.32 Å². The molecule has 1 aliphatic carbocycles. The zero-order valence-electron chi connectivity index (χ0n) is 17.9. The van der Waals surface area contributed by atoms with Crippen molar-refractivity contribution < 1.29 is 23.8 Å². The summed E-state index contributed by atoms with van der Waals surface area (Å²) in [5.74, 6) is 1.01. The number of rotatable bonds is 8. The molecule has 0 bridgehead atoms. The van der Waals surface area contributed by atoms with Crippen molar-refractivity contribution in [3.63, 3.8) is 0 Å². The number of cyclic esters (lactones) is 1. The highest BCUT2D eigenvalue weighted by molar-refractivity contribution is 5.98. The van der Waals surface area contributed by atoms with Crippen LogP contribution in [-0.2, 0) is 22.6 Å². The Morgan fingerprint density at radius 1 is 1.17 bits per heavy atom. The molecule has 1 saturated carbocycles. The Labute approximate surface area is 172 Å². The van der Waals surface area contributed by atoms with E-state index in [9.17, 15) is 9.59 Å². The number of carbonyl (C=O) groups is 2. The molecule has 1 N–H and O–H groups in total. The van der Waals surface area contributed by atoms with Gasteiger partial charge in [0.25, 0.3) is 0 Å². The van der Waals surface area contributed by atoms with E-state index < -0.39 is 0 Å². The normalized spacial score (nSPS) is 16.6. The number of carbonyl (C=O) groups excluding carboxylic acids is 2. The molecule has 2 aliphatic rings. The van der Waals surface area contributed by atoms with E-state index in [0.29, 0.717) is 36.6 Å². The molecule has 0 radical (unpaired) electrons. The van der Waals surface area contributed by atoms with Crippen LogP contribution in [-0.4, -0.2) is 32.1 Å². The highest BCUT2D eigenvalue weighted by Gasteiger charge is 2.32. The highest BCUT2D eigenvalue weighted by atomic mass is 16.5. The Hall–Kier alpha value is -2.50. The van der Waals surface area contributed by atoms with E-state index in [1.54, 1.807) is 14.2 Å². The summed E-state index contributed by atoms with van der Waals surface area (Å²) in [4.78, 5) is 24.4. The first-order chi connectivity index (χ1) is 14.0. The Bertz CT molecular complexity index is 821. The number of ether oxygens (including phenoxy) is 3. The van der Waals surface area contributed by atoms with Gasteiger partial charge in [0.1, 0.15) is 23.7 Å². The molecule has 6 heteroatoms. The maximum atomic E-state index is 12.2. The number of methoxy groups -OCH3 is 2. The summed E-state index contributed by atoms with van der Waals surface area (Å²) in [6.07, 6.45) is 8.44. The smallest absolute Gasteiger partial charge is 0.342 e. The van der Waals surface area contributed by atoms with Gasteiger partial charge in [-0.15, -0.1) is 0 Å². The lowest BCUT2D eigenvalue weighted by Crippen LogP contribution is -2.32. The van der Waals surface area contributed by atoms with Crippen molar-refractivity contribution in [2.45, 2.75) is 71.4 Å². The van der Waals surface area contributed by atoms with E-state index in [1.165, 1.54) is 12.8 Å². The summed E-state index contributed by atoms with van der Waals surface area (Å²) in [6.45, 7) is 4.21. The third-order valence-electron chi connectivity index (χ3n) is 5.95. The molecule has 0 saturated heterocycles. The highest BCUT2D eigenvalue weighted by Crippen LogP contribution is 2.42. The van der Waals surface area contributed by atoms with Crippen LogP contribution in [0.25, 0.3) is 0 Å². The van der Waals surface area contributed by atoms with Crippen LogP contribution in [0.4, 0.5) is 0 Å². The maximum Gasteiger partial charge on any atom is 0.342 e. The summed E-state index contributed by atoms with van der Waals surface area (Å²) >= 11 is 0. The minimum atomic E-state index is -0.354. The average Bonchev–Trinajstić information content (AvgIpc) is 3.35. The Morgan fingerprint density at radius 2 is 1.86 bits per heavy atom. The fourth-order valence-corrected chi connectivity index (χ4v) is 4.29. The zero-order chi connectivity index (χ0) is 21.0. The summed E-state index contributed by atoms with van der Waals surface area (Å²) in [5, 5.41) is 3.13. The number of nitrogens with one attached hydrogen (secondary N) is 1. The number of allylic oxidation sites excluding steroid dienone is 2. The van der Waals surface area contributed by atoms with Crippen LogP contribution in [0, 0.1) is 6.92 Å². The number of amides is 1. The quantitative estimate of drug-likeness (QED) is 0.526. The van der Waals surface area contributed by atoms with Crippen LogP contribution < -0.4 is 14.8 Å². The molecule has 1 aromatic carbocycles. The molecule has 1 amide bonds. The molecule has 1 fully saturated rings. The fourth-order valence-electron chi connectivity index (χ4n) is 4.29. The Kier molecular flexibility index (Phi) is 6.83. The van der Waals surface area contributed by atoms with Crippen LogP contribution in [0.1, 0.15) is 72.5 Å². The van der Waals surface area contributed by atoms with Crippen LogP contribution >= 0.6 is 0 Å². The Balaban J connectivity index is 1.72. The van der Waals surface area contributed by atoms with Crippen molar-refractivity contribution in [3.05, 3.63) is 33.9 Å². The van der Waals surface area contributed by atoms with Gasteiger partial charge >= 0.3 is 5.97 Å². The van der Waals surface area contributed by atoms with Gasteiger partial charge in [0.2, 0.25) is 5.91 Å². The second-order valence-electron chi connectivity index (χ2n) is 7.90. The number of hydrogen-bond acceptors (Lipinski definition) is 5. The Morgan fingerprint density at radius 3 is 2.52 bits per heavy atom. The fraction of sp³-hybridized carbons (Fsp3) is 0.565. The number of esters is 1. The number of benzene rings is 1. The molecule has 1 aromatic rings. The van der Waals surface area contributed by atoms with Gasteiger partial charge in [0.15, 0.2) is 0 Å². The van der Waals surface area contributed by atoms with Crippen LogP contribution in [0.5, 0.6) is 11.5 Å². The van der Waals surface area contributed by atoms with Gasteiger partial charge in [-0.3, -0.25) is 4.79 Å². The van der Waals surface area contributed by atoms with E-state index in [0.717, 1.165) is 40.9 Å². The lowest BCUT2D eigenvalue weighted by Gasteiger charge is -2.18. The summed E-state index contributed by atoms with van der Waals surface area (Å²) in [6, 6.07) is 0.356. The molecular weight excluding hydrogens is 370 g/mol. The minimum Gasteiger partial charge on any atom is -0.496 e. The number of fused-ring (bicyclic) bond motifs is 1. The van der Waals surface area contributed by atoms with E-state index in [-0.39, 0.29) is 18.5 Å². The first kappa shape index (κ1) is 21.2. The van der Waals surface area contributed by atoms with Crippen molar-refractivity contribution in [1.29, 1.82) is 0 Å². The van der Waals surface area contributed by atoms with E-state index in [1.807, 2.05) is 13.8 Å². The SMILES string of the molecule is COc1c(C)c2c(c(OC)c1C/C=C(\C)CCC(=O)NC1CCCC1)C(=O)OC2. The largest absolute Gasteiger partial charge is 0.496 e. The third-order valence-corrected chi connectivity index (χ3v) is 5.95. The monoisotopic (exact) mass is 401 g/mol. The molecule has 1 aliphatic heterocycles. The lowest BCUT2D eigenvalue weighted by atomic mass is 9.94. The van der Waals surface area contributed by atoms with E-state index in [2.05, 4.69) is 11.4 Å². The van der Waals surface area contributed by atoms with E-state index in [4.69, 9.17) is 14.2 Å². The number of hydrogen-bond donors (Lipinski definition) is 1. The first-order valence-corrected chi connectivity index (χ1v) is 10.3. The van der Waals surface area contributed by atoms with Gasteiger partial charge in [-0.25, -0.2) is 4.79 Å². The predicted molar refractivity (Wildman–Crippen MR) is 110 cm³/mol. The van der Waals surface area contributed by atoms with Crippen molar-refractivity contribution >= 4 is 11.9 Å². The van der Waals surface area contributed by atoms with Crippen LogP contribution in [0.15, 0.2) is 11.6 Å². The van der Waals surface area contributed by atoms with E-state index >= 15 is 0 Å². The van der Waals surface area contributed by atoms with Crippen molar-refractivity contribution in [3.8, 4) is 11.5 Å². The summed E-state index contributed by atoms with van der Waals surface area (Å²) in [5.41, 5.74) is 4.20. The molecule has 0 spiro atoms. The molecule has 0 atom stereocenters. The molecule has 158 valence electrons. The second-order valence-corrected chi connectivity index (χ2v) is 7.90. The van der Waals surface area contributed by atoms with Gasteiger partial charge in [-0.2, -0.15) is 0 Å². The predicted octanol–water partition coefficient (Wildman–Crippen LogP) is 4.01. The van der Waals surface area contributed by atoms with Crippen LogP contribution in [0.3, 0.4) is 0 Å². The standard InChI is InChI=1S/C23H31NO5/c1-14(10-12-19(25)24-16-7-5-6-8-16)9-11-17-21(27-3)15(2)18-13-29-23(26)20(18)22(17)28-4/h9,16H,5-8,10-13H2,1-4H3,(H,24,25)/b14-9+. The maximum absolute atomic E-state index is 12.2. The zero-order valence-corrected chi connectivity index (χ0v) is 17.9. The van der Waals surface area contributed by atoms with Gasteiger partial charge in [-0.1, -0.05) is 24.5 Å². The summed E-state index contributed by atoms with van der Waals surface area (Å²) in [7, 11) is 3.18. The van der Waals surface area contributed by atoms with Gasteiger partial charge in [-0.05, 0) is 45.1 Å². The molecule has 29 heavy (non-hydrogen) atoms. The lowest BCUT2D eigenvalue weighted by molar-refractivity contribution is -0.121. The first-order valence-electron chi connectivity index (χ1n) is 10.3. The minimum absolute atomic E-state index is 0.121. The van der Waals surface area contributed by atoms with Gasteiger partial charge in [0, 0.05) is 23.6 Å². The molecular formula is C23H31NO5. The average molecular weight is 402 g/mol. The third kappa shape index (κ3) is 4.57. The second kappa shape index (κ2) is 9.33. The van der Waals surface area contributed by atoms with Gasteiger partial charge < -0.3 is 19.5 Å². The summed E-state index contributed by atoms with van der Waals surface area (Å²) < 4.78 is 16.4. The van der Waals surface area contributed by atoms with Crippen LogP contribution in [0.2, 0.25) is 0 Å². The molecule has 6 nitrogen and oxygen atoms in total. The van der Waals surface area contributed by atoms with Crippen molar-refractivity contribution in [2.75, 3.05) is 14.2 Å². The molecule has 0 aromatic heterocycles. The van der Waals surface area contributed by atoms with Gasteiger partial charge in [0.05, 0.1) is 14.2 Å². The molecule has 0 unspecified atom stereocenters. The topological polar surface area (TPSA) is 73.9 Å².